The third-order valence-electron chi connectivity index (χ3n) is 4.53. The number of carbonyl (C=O) groups excluding carboxylic acids is 1. The molecule has 0 saturated heterocycles. The highest BCUT2D eigenvalue weighted by molar-refractivity contribution is 7.99. The van der Waals surface area contributed by atoms with Crippen LogP contribution in [0.2, 0.25) is 5.02 Å². The maximum Gasteiger partial charge on any atom is 0.271 e. The van der Waals surface area contributed by atoms with E-state index < -0.39 is 11.0 Å². The van der Waals surface area contributed by atoms with Crippen LogP contribution in [0.1, 0.15) is 24.4 Å². The molecule has 9 nitrogen and oxygen atoms in total. The van der Waals surface area contributed by atoms with Crippen LogP contribution >= 0.6 is 23.4 Å². The Bertz CT molecular complexity index is 1180. The van der Waals surface area contributed by atoms with Crippen LogP contribution in [0.3, 0.4) is 0 Å². The minimum absolute atomic E-state index is 0.0451. The Kier molecular flexibility index (Phi) is 8.07. The number of thioether (sulfide) groups is 1. The number of hydrogen-bond acceptors (Lipinski definition) is 7. The predicted octanol–water partition coefficient (Wildman–Crippen LogP) is 5.20. The summed E-state index contributed by atoms with van der Waals surface area (Å²) in [6, 6.07) is 11.1. The average molecular weight is 488 g/mol. The van der Waals surface area contributed by atoms with Crippen molar-refractivity contribution in [3.63, 3.8) is 0 Å². The topological polar surface area (TPSA) is 112 Å². The van der Waals surface area contributed by atoms with E-state index in [0.717, 1.165) is 5.56 Å². The van der Waals surface area contributed by atoms with Gasteiger partial charge in [-0.15, -0.1) is 16.8 Å². The number of allylic oxidation sites excluding steroid dienone is 1. The van der Waals surface area contributed by atoms with E-state index in [4.69, 9.17) is 16.3 Å². The van der Waals surface area contributed by atoms with Crippen LogP contribution in [0.25, 0.3) is 0 Å². The van der Waals surface area contributed by atoms with E-state index in [1.807, 2.05) is 24.5 Å². The zero-order valence-electron chi connectivity index (χ0n) is 18.0. The molecule has 0 spiro atoms. The number of nitrogens with zero attached hydrogens (tertiary/aromatic N) is 4. The van der Waals surface area contributed by atoms with Gasteiger partial charge in [-0.25, -0.2) is 0 Å². The van der Waals surface area contributed by atoms with Gasteiger partial charge in [0.15, 0.2) is 17.1 Å². The molecule has 172 valence electrons. The summed E-state index contributed by atoms with van der Waals surface area (Å²) in [5, 5.41) is 23.2. The maximum atomic E-state index is 12.4. The van der Waals surface area contributed by atoms with Crippen molar-refractivity contribution >= 4 is 40.6 Å². The van der Waals surface area contributed by atoms with E-state index in [0.29, 0.717) is 34.0 Å². The number of non-ortho nitro benzene ring substituents is 1. The molecule has 0 aliphatic carbocycles. The van der Waals surface area contributed by atoms with Crippen molar-refractivity contribution in [3.8, 4) is 5.75 Å². The molecule has 1 heterocycles. The summed E-state index contributed by atoms with van der Waals surface area (Å²) in [5.74, 6) is 0.997. The molecule has 0 aliphatic heterocycles. The van der Waals surface area contributed by atoms with Gasteiger partial charge in [-0.1, -0.05) is 35.5 Å². The number of carbonyl (C=O) groups is 1. The number of benzene rings is 2. The van der Waals surface area contributed by atoms with Crippen LogP contribution in [0, 0.1) is 17.0 Å². The molecule has 0 fully saturated rings. The highest BCUT2D eigenvalue weighted by atomic mass is 35.5. The van der Waals surface area contributed by atoms with Crippen LogP contribution in [0.5, 0.6) is 5.75 Å². The Balaban J connectivity index is 1.68. The first-order chi connectivity index (χ1) is 15.8. The van der Waals surface area contributed by atoms with Crippen molar-refractivity contribution in [3.05, 3.63) is 81.6 Å². The first-order valence-electron chi connectivity index (χ1n) is 9.92. The lowest BCUT2D eigenvalue weighted by atomic mass is 10.2. The summed E-state index contributed by atoms with van der Waals surface area (Å²) in [5.41, 5.74) is 1.15. The molecule has 1 aromatic heterocycles. The molecule has 1 atom stereocenters. The molecule has 33 heavy (non-hydrogen) atoms. The molecule has 0 bridgehead atoms. The number of nitro groups is 1. The highest BCUT2D eigenvalue weighted by Crippen LogP contribution is 2.28. The second kappa shape index (κ2) is 11.0. The largest absolute Gasteiger partial charge is 0.482 e. The molecule has 2 aromatic carbocycles. The summed E-state index contributed by atoms with van der Waals surface area (Å²) in [6.07, 6.45) is 1.30. The number of ether oxygens (including phenoxy) is 1. The van der Waals surface area contributed by atoms with Gasteiger partial charge in [-0.05, 0) is 43.7 Å². The third-order valence-corrected chi connectivity index (χ3v) is 5.74. The number of hydrogen-bond donors (Lipinski definition) is 1. The monoisotopic (exact) mass is 487 g/mol. The van der Waals surface area contributed by atoms with Gasteiger partial charge in [0, 0.05) is 29.4 Å². The van der Waals surface area contributed by atoms with Gasteiger partial charge in [-0.3, -0.25) is 19.5 Å². The number of anilines is 1. The fourth-order valence-electron chi connectivity index (χ4n) is 3.02. The van der Waals surface area contributed by atoms with E-state index in [1.54, 1.807) is 24.3 Å². The fraction of sp³-hybridized carbons (Fsp3) is 0.227. The molecule has 0 saturated carbocycles. The van der Waals surface area contributed by atoms with Gasteiger partial charge < -0.3 is 10.1 Å². The number of amides is 1. The van der Waals surface area contributed by atoms with E-state index in [-0.39, 0.29) is 17.3 Å². The normalized spacial score (nSPS) is 11.6. The molecular formula is C22H22ClN5O4S. The highest BCUT2D eigenvalue weighted by Gasteiger charge is 2.20. The molecule has 11 heteroatoms. The molecular weight excluding hydrogens is 466 g/mol. The van der Waals surface area contributed by atoms with E-state index in [9.17, 15) is 14.9 Å². The second-order valence-electron chi connectivity index (χ2n) is 7.05. The van der Waals surface area contributed by atoms with E-state index >= 15 is 0 Å². The smallest absolute Gasteiger partial charge is 0.271 e. The van der Waals surface area contributed by atoms with Crippen molar-refractivity contribution in [2.45, 2.75) is 31.7 Å². The fourth-order valence-corrected chi connectivity index (χ4v) is 4.00. The molecule has 1 amide bonds. The quantitative estimate of drug-likeness (QED) is 0.181. The van der Waals surface area contributed by atoms with Crippen molar-refractivity contribution in [2.75, 3.05) is 11.1 Å². The zero-order valence-corrected chi connectivity index (χ0v) is 19.6. The van der Waals surface area contributed by atoms with Crippen molar-refractivity contribution in [2.24, 2.45) is 0 Å². The summed E-state index contributed by atoms with van der Waals surface area (Å²) < 4.78 is 7.89. The summed E-state index contributed by atoms with van der Waals surface area (Å²) in [7, 11) is 0. The van der Waals surface area contributed by atoms with Crippen molar-refractivity contribution in [1.29, 1.82) is 0 Å². The van der Waals surface area contributed by atoms with Gasteiger partial charge in [-0.2, -0.15) is 0 Å². The number of nitro benzene ring substituents is 1. The van der Waals surface area contributed by atoms with E-state index in [1.165, 1.54) is 30.0 Å². The minimum atomic E-state index is -0.515. The Morgan fingerprint density at radius 1 is 1.36 bits per heavy atom. The summed E-state index contributed by atoms with van der Waals surface area (Å²) in [6.45, 7) is 7.99. The summed E-state index contributed by atoms with van der Waals surface area (Å²) >= 11 is 7.21. The predicted molar refractivity (Wildman–Crippen MR) is 128 cm³/mol. The van der Waals surface area contributed by atoms with Crippen molar-refractivity contribution in [1.82, 2.24) is 14.8 Å². The standard InChI is InChI=1S/C22H22ClN5O4S/c1-4-10-27-21(15(3)32-19-9-8-16(23)11-14(19)2)25-26-22(27)33-13-20(29)24-17-6-5-7-18(12-17)28(30)31/h4-9,11-12,15H,1,10,13H2,2-3H3,(H,24,29). The molecule has 0 radical (unpaired) electrons. The molecule has 1 N–H and O–H groups in total. The number of aromatic nitrogens is 3. The number of nitrogens with one attached hydrogen (secondary N) is 1. The number of halogens is 1. The Labute approximate surface area is 200 Å². The van der Waals surface area contributed by atoms with Crippen LogP contribution in [0.4, 0.5) is 11.4 Å². The molecule has 1 unspecified atom stereocenters. The summed E-state index contributed by atoms with van der Waals surface area (Å²) in [4.78, 5) is 22.8. The van der Waals surface area contributed by atoms with Gasteiger partial charge >= 0.3 is 0 Å². The maximum absolute atomic E-state index is 12.4. The van der Waals surface area contributed by atoms with Gasteiger partial charge in [0.25, 0.3) is 5.69 Å². The second-order valence-corrected chi connectivity index (χ2v) is 8.43. The SMILES string of the molecule is C=CCn1c(SCC(=O)Nc2cccc([N+](=O)[O-])c2)nnc1C(C)Oc1ccc(Cl)cc1C. The first kappa shape index (κ1) is 24.3. The lowest BCUT2D eigenvalue weighted by Gasteiger charge is -2.17. The minimum Gasteiger partial charge on any atom is -0.482 e. The van der Waals surface area contributed by atoms with Crippen LogP contribution in [0.15, 0.2) is 60.3 Å². The molecule has 3 aromatic rings. The Morgan fingerprint density at radius 2 is 2.15 bits per heavy atom. The number of aryl methyl sites for hydroxylation is 1. The van der Waals surface area contributed by atoms with E-state index in [2.05, 4.69) is 22.1 Å². The van der Waals surface area contributed by atoms with Gasteiger partial charge in [0.05, 0.1) is 10.7 Å². The Morgan fingerprint density at radius 3 is 2.85 bits per heavy atom. The molecule has 3 rings (SSSR count). The van der Waals surface area contributed by atoms with Gasteiger partial charge in [0.2, 0.25) is 5.91 Å². The van der Waals surface area contributed by atoms with Crippen LogP contribution < -0.4 is 10.1 Å². The van der Waals surface area contributed by atoms with Crippen molar-refractivity contribution < 1.29 is 14.5 Å². The first-order valence-corrected chi connectivity index (χ1v) is 11.3. The third kappa shape index (κ3) is 6.33. The number of rotatable bonds is 10. The van der Waals surface area contributed by atoms with Crippen LogP contribution in [-0.2, 0) is 11.3 Å². The van der Waals surface area contributed by atoms with Gasteiger partial charge in [0.1, 0.15) is 5.75 Å². The average Bonchev–Trinajstić information content (AvgIpc) is 3.17. The lowest BCUT2D eigenvalue weighted by Crippen LogP contribution is -2.15. The van der Waals surface area contributed by atoms with Crippen LogP contribution in [-0.4, -0.2) is 31.3 Å². The molecule has 0 aliphatic rings. The Hall–Kier alpha value is -3.37. The zero-order chi connectivity index (χ0) is 24.0. The lowest BCUT2D eigenvalue weighted by molar-refractivity contribution is -0.384.